The van der Waals surface area contributed by atoms with Gasteiger partial charge in [-0.1, -0.05) is 29.3 Å². The molecule has 0 atom stereocenters. The first kappa shape index (κ1) is 25.2. The van der Waals surface area contributed by atoms with Crippen molar-refractivity contribution in [2.45, 2.75) is 12.7 Å². The number of hydrogen-bond acceptors (Lipinski definition) is 4. The molecule has 4 rings (SSSR count). The van der Waals surface area contributed by atoms with Gasteiger partial charge < -0.3 is 4.55 Å². The van der Waals surface area contributed by atoms with Crippen LogP contribution >= 0.6 is 23.2 Å². The minimum Gasteiger partial charge on any atom is -0.731 e. The molecule has 0 aromatic heterocycles. The maximum atomic E-state index is 14.7. The number of benzene rings is 3. The molecule has 0 radical (unpaired) electrons. The number of urea groups is 1. The molecule has 0 fully saturated rings. The Labute approximate surface area is 205 Å². The van der Waals surface area contributed by atoms with Crippen LogP contribution in [0.4, 0.5) is 38.1 Å². The van der Waals surface area contributed by atoms with E-state index >= 15 is 0 Å². The van der Waals surface area contributed by atoms with Crippen LogP contribution in [0.2, 0.25) is 10.0 Å². The summed E-state index contributed by atoms with van der Waals surface area (Å²) in [7, 11) is -5.51. The van der Waals surface area contributed by atoms with Gasteiger partial charge in [-0.3, -0.25) is 4.90 Å². The molecule has 0 N–H and O–H groups in total. The lowest BCUT2D eigenvalue weighted by Gasteiger charge is -2.39. The second-order valence-electron chi connectivity index (χ2n) is 7.30. The summed E-state index contributed by atoms with van der Waals surface area (Å²) < 4.78 is 105. The van der Waals surface area contributed by atoms with Crippen LogP contribution < -0.4 is 4.90 Å². The van der Waals surface area contributed by atoms with Crippen molar-refractivity contribution in [3.8, 4) is 11.1 Å². The summed E-state index contributed by atoms with van der Waals surface area (Å²) in [5.74, 6) is -2.28. The predicted molar refractivity (Wildman–Crippen MR) is 116 cm³/mol. The summed E-state index contributed by atoms with van der Waals surface area (Å²) in [4.78, 5) is 13.6. The van der Waals surface area contributed by atoms with Crippen LogP contribution in [-0.2, 0) is 23.0 Å². The van der Waals surface area contributed by atoms with Crippen LogP contribution in [0.5, 0.6) is 0 Å². The van der Waals surface area contributed by atoms with Crippen molar-refractivity contribution in [1.82, 2.24) is 4.31 Å². The molecular weight excluding hydrogens is 542 g/mol. The molecule has 2 amide bonds. The highest BCUT2D eigenvalue weighted by atomic mass is 35.5. The maximum Gasteiger partial charge on any atom is 0.416 e. The zero-order chi connectivity index (χ0) is 25.9. The Morgan fingerprint density at radius 3 is 2.11 bits per heavy atom. The van der Waals surface area contributed by atoms with E-state index in [9.17, 15) is 39.7 Å². The van der Waals surface area contributed by atoms with Crippen molar-refractivity contribution < 1.29 is 39.7 Å². The zero-order valence-corrected chi connectivity index (χ0v) is 19.2. The normalized spacial score (nSPS) is 14.3. The van der Waals surface area contributed by atoms with Gasteiger partial charge in [-0.05, 0) is 42.0 Å². The quantitative estimate of drug-likeness (QED) is 0.275. The van der Waals surface area contributed by atoms with E-state index in [1.54, 1.807) is 0 Å². The third kappa shape index (κ3) is 4.54. The summed E-state index contributed by atoms with van der Waals surface area (Å²) >= 11 is 12.3. The number of carbonyl (C=O) groups excluding carboxylic acids is 1. The lowest BCUT2D eigenvalue weighted by atomic mass is 9.93. The van der Waals surface area contributed by atoms with E-state index in [1.807, 2.05) is 0 Å². The fourth-order valence-electron chi connectivity index (χ4n) is 3.65. The molecule has 14 heteroatoms. The van der Waals surface area contributed by atoms with Crippen LogP contribution in [0.1, 0.15) is 11.1 Å². The standard InChI is InChI=1S/C21H11Cl2F5N2O4S/c22-15-2-1-3-16(23)19(15)30-18-7-10(21(26,27)28)6-13(12-5-4-11(24)8-17(12)25)14(18)9-29(20(30)31)35(32,33)34/h1-8H,9H2,(H,32,33,34)/p-1. The highest BCUT2D eigenvalue weighted by Gasteiger charge is 2.41. The lowest BCUT2D eigenvalue weighted by molar-refractivity contribution is -0.137. The third-order valence-electron chi connectivity index (χ3n) is 5.15. The van der Waals surface area contributed by atoms with E-state index in [4.69, 9.17) is 23.2 Å². The number of nitrogens with zero attached hydrogens (tertiary/aromatic N) is 2. The average molecular weight is 552 g/mol. The number of fused-ring (bicyclic) bond motifs is 1. The number of carbonyl (C=O) groups is 1. The highest BCUT2D eigenvalue weighted by molar-refractivity contribution is 7.83. The summed E-state index contributed by atoms with van der Waals surface area (Å²) in [6.07, 6.45) is -5.00. The Morgan fingerprint density at radius 1 is 0.943 bits per heavy atom. The van der Waals surface area contributed by atoms with Gasteiger partial charge in [-0.2, -0.15) is 13.2 Å². The van der Waals surface area contributed by atoms with Gasteiger partial charge in [0.05, 0.1) is 33.5 Å². The fraction of sp³-hybridized carbons (Fsp3) is 0.0952. The van der Waals surface area contributed by atoms with Crippen molar-refractivity contribution in [2.75, 3.05) is 4.90 Å². The predicted octanol–water partition coefficient (Wildman–Crippen LogP) is 6.49. The summed E-state index contributed by atoms with van der Waals surface area (Å²) in [6.45, 7) is -1.02. The van der Waals surface area contributed by atoms with E-state index in [1.165, 1.54) is 18.2 Å². The van der Waals surface area contributed by atoms with Gasteiger partial charge in [-0.25, -0.2) is 26.3 Å². The molecule has 3 aromatic rings. The highest BCUT2D eigenvalue weighted by Crippen LogP contribution is 2.48. The van der Waals surface area contributed by atoms with E-state index < -0.39 is 68.8 Å². The topological polar surface area (TPSA) is 80.8 Å². The molecule has 1 heterocycles. The number of hydrogen-bond donors (Lipinski definition) is 0. The zero-order valence-electron chi connectivity index (χ0n) is 16.9. The molecule has 0 spiro atoms. The minimum atomic E-state index is -5.51. The monoisotopic (exact) mass is 551 g/mol. The molecule has 6 nitrogen and oxygen atoms in total. The Hall–Kier alpha value is -2.93. The molecule has 0 saturated heterocycles. The van der Waals surface area contributed by atoms with Gasteiger partial charge >= 0.3 is 12.2 Å². The van der Waals surface area contributed by atoms with Gasteiger partial charge in [0.25, 0.3) is 0 Å². The van der Waals surface area contributed by atoms with Gasteiger partial charge in [0.1, 0.15) is 11.6 Å². The van der Waals surface area contributed by atoms with Gasteiger partial charge in [0.2, 0.25) is 0 Å². The number of rotatable bonds is 3. The molecule has 1 aliphatic heterocycles. The maximum absolute atomic E-state index is 14.7. The Balaban J connectivity index is 2.15. The summed E-state index contributed by atoms with van der Waals surface area (Å²) in [5, 5.41) is -0.511. The Kier molecular flexibility index (Phi) is 6.20. The van der Waals surface area contributed by atoms with Gasteiger partial charge in [0, 0.05) is 17.2 Å². The lowest BCUT2D eigenvalue weighted by Crippen LogP contribution is -2.48. The molecule has 0 saturated carbocycles. The van der Waals surface area contributed by atoms with Crippen molar-refractivity contribution in [1.29, 1.82) is 0 Å². The van der Waals surface area contributed by atoms with Gasteiger partial charge in [0.15, 0.2) is 10.3 Å². The molecule has 0 aliphatic carbocycles. The van der Waals surface area contributed by atoms with E-state index in [0.29, 0.717) is 23.1 Å². The van der Waals surface area contributed by atoms with Crippen molar-refractivity contribution in [2.24, 2.45) is 0 Å². The fourth-order valence-corrected chi connectivity index (χ4v) is 4.78. The molecule has 184 valence electrons. The number of alkyl halides is 3. The second kappa shape index (κ2) is 8.63. The largest absolute Gasteiger partial charge is 0.731 e. The first-order valence-corrected chi connectivity index (χ1v) is 11.5. The second-order valence-corrected chi connectivity index (χ2v) is 9.41. The van der Waals surface area contributed by atoms with Crippen LogP contribution in [0, 0.1) is 11.6 Å². The first-order chi connectivity index (χ1) is 16.2. The molecule has 1 aliphatic rings. The van der Waals surface area contributed by atoms with Crippen LogP contribution in [-0.4, -0.2) is 23.3 Å². The van der Waals surface area contributed by atoms with Crippen LogP contribution in [0.25, 0.3) is 11.1 Å². The molecular formula is C21H10Cl2F5N2O4S-. The smallest absolute Gasteiger partial charge is 0.416 e. The average Bonchev–Trinajstić information content (AvgIpc) is 2.72. The number of anilines is 2. The SMILES string of the molecule is O=C1N(c2c(Cl)cccc2Cl)c2cc(C(F)(F)F)cc(-c3ccc(F)cc3F)c2CN1S(=O)(=O)[O-]. The summed E-state index contributed by atoms with van der Waals surface area (Å²) in [5.41, 5.74) is -3.69. The van der Waals surface area contributed by atoms with E-state index in [0.717, 1.165) is 12.1 Å². The van der Waals surface area contributed by atoms with Crippen LogP contribution in [0.3, 0.4) is 0 Å². The van der Waals surface area contributed by atoms with E-state index in [2.05, 4.69) is 0 Å². The van der Waals surface area contributed by atoms with Crippen LogP contribution in [0.15, 0.2) is 48.5 Å². The molecule has 0 bridgehead atoms. The number of halogens is 7. The number of para-hydroxylation sites is 1. The molecule has 35 heavy (non-hydrogen) atoms. The van der Waals surface area contributed by atoms with E-state index in [-0.39, 0.29) is 19.9 Å². The van der Waals surface area contributed by atoms with Crippen molar-refractivity contribution in [3.05, 3.63) is 81.3 Å². The minimum absolute atomic E-state index is 0.160. The Bertz CT molecular complexity index is 1460. The molecule has 0 unspecified atom stereocenters. The first-order valence-electron chi connectivity index (χ1n) is 9.41. The van der Waals surface area contributed by atoms with Crippen molar-refractivity contribution in [3.63, 3.8) is 0 Å². The molecule has 3 aromatic carbocycles. The van der Waals surface area contributed by atoms with Gasteiger partial charge in [-0.15, -0.1) is 0 Å². The summed E-state index contributed by atoms with van der Waals surface area (Å²) in [6, 6.07) is 5.34. The van der Waals surface area contributed by atoms with Crippen molar-refractivity contribution >= 4 is 50.9 Å². The Morgan fingerprint density at radius 2 is 1.57 bits per heavy atom. The third-order valence-corrected chi connectivity index (χ3v) is 6.59. The number of amides is 2.